The molecular formula is C20H21N2O2P. The van der Waals surface area contributed by atoms with Crippen LogP contribution in [0.2, 0.25) is 0 Å². The SMILES string of the molecule is Cc1cccc(C(Nc2ccccc2)P(C)(=O)Oc2ccccc2)n1. The molecule has 2 aromatic carbocycles. The molecule has 4 nitrogen and oxygen atoms in total. The van der Waals surface area contributed by atoms with Crippen LogP contribution in [-0.2, 0) is 4.57 Å². The number of aromatic nitrogens is 1. The van der Waals surface area contributed by atoms with E-state index in [-0.39, 0.29) is 0 Å². The highest BCUT2D eigenvalue weighted by Gasteiger charge is 2.33. The number of nitrogens with one attached hydrogen (secondary N) is 1. The summed E-state index contributed by atoms with van der Waals surface area (Å²) in [4.78, 5) is 4.56. The predicted molar refractivity (Wildman–Crippen MR) is 102 cm³/mol. The third-order valence-electron chi connectivity index (χ3n) is 3.77. The lowest BCUT2D eigenvalue weighted by atomic mass is 10.3. The quantitative estimate of drug-likeness (QED) is 0.596. The van der Waals surface area contributed by atoms with Gasteiger partial charge in [0.1, 0.15) is 5.75 Å². The van der Waals surface area contributed by atoms with Crippen LogP contribution < -0.4 is 9.84 Å². The van der Waals surface area contributed by atoms with E-state index < -0.39 is 13.2 Å². The van der Waals surface area contributed by atoms with Crippen LogP contribution in [0, 0.1) is 6.92 Å². The standard InChI is InChI=1S/C20H21N2O2P/c1-16-10-9-15-19(21-16)20(22-17-11-5-3-6-12-17)25(2,23)24-18-13-7-4-8-14-18/h3-15,20,22H,1-2H3. The highest BCUT2D eigenvalue weighted by atomic mass is 31.2. The minimum atomic E-state index is -3.11. The predicted octanol–water partition coefficient (Wildman–Crippen LogP) is 5.49. The zero-order valence-electron chi connectivity index (χ0n) is 14.3. The Labute approximate surface area is 148 Å². The van der Waals surface area contributed by atoms with Crippen LogP contribution in [0.25, 0.3) is 0 Å². The first-order valence-electron chi connectivity index (χ1n) is 8.11. The van der Waals surface area contributed by atoms with Crippen molar-refractivity contribution in [3.63, 3.8) is 0 Å². The minimum absolute atomic E-state index is 0.546. The molecule has 0 aliphatic heterocycles. The van der Waals surface area contributed by atoms with Gasteiger partial charge in [-0.15, -0.1) is 0 Å². The van der Waals surface area contributed by atoms with Crippen LogP contribution in [-0.4, -0.2) is 11.6 Å². The van der Waals surface area contributed by atoms with Gasteiger partial charge in [-0.3, -0.25) is 9.55 Å². The van der Waals surface area contributed by atoms with E-state index >= 15 is 0 Å². The Morgan fingerprint density at radius 3 is 2.20 bits per heavy atom. The lowest BCUT2D eigenvalue weighted by Gasteiger charge is -2.26. The first-order chi connectivity index (χ1) is 12.0. The molecule has 3 rings (SSSR count). The van der Waals surface area contributed by atoms with E-state index in [2.05, 4.69) is 10.3 Å². The first-order valence-corrected chi connectivity index (χ1v) is 10.3. The second kappa shape index (κ2) is 7.54. The van der Waals surface area contributed by atoms with Crippen LogP contribution in [0.5, 0.6) is 5.75 Å². The van der Waals surface area contributed by atoms with Crippen molar-refractivity contribution in [1.82, 2.24) is 4.98 Å². The summed E-state index contributed by atoms with van der Waals surface area (Å²) in [5.74, 6) is 0.0378. The Kier molecular flexibility index (Phi) is 5.20. The summed E-state index contributed by atoms with van der Waals surface area (Å²) in [7, 11) is -3.11. The maximum Gasteiger partial charge on any atom is 0.272 e. The summed E-state index contributed by atoms with van der Waals surface area (Å²) in [5, 5.41) is 3.33. The topological polar surface area (TPSA) is 51.2 Å². The summed E-state index contributed by atoms with van der Waals surface area (Å²) < 4.78 is 19.4. The van der Waals surface area contributed by atoms with E-state index in [1.807, 2.05) is 73.7 Å². The molecule has 128 valence electrons. The Bertz CT molecular complexity index is 869. The normalized spacial score (nSPS) is 14.3. The van der Waals surface area contributed by atoms with E-state index in [0.29, 0.717) is 11.4 Å². The maximum absolute atomic E-state index is 13.5. The van der Waals surface area contributed by atoms with Crippen molar-refractivity contribution in [2.45, 2.75) is 12.7 Å². The Hall–Kier alpha value is -2.58. The van der Waals surface area contributed by atoms with Crippen LogP contribution >= 0.6 is 7.37 Å². The Balaban J connectivity index is 1.96. The average molecular weight is 352 g/mol. The molecule has 3 aromatic rings. The fourth-order valence-electron chi connectivity index (χ4n) is 2.58. The van der Waals surface area contributed by atoms with Crippen molar-refractivity contribution in [2.75, 3.05) is 12.0 Å². The molecule has 0 amide bonds. The number of para-hydroxylation sites is 2. The number of rotatable bonds is 6. The Morgan fingerprint density at radius 2 is 1.56 bits per heavy atom. The number of anilines is 1. The smallest absolute Gasteiger partial charge is 0.272 e. The Morgan fingerprint density at radius 1 is 0.920 bits per heavy atom. The van der Waals surface area contributed by atoms with Gasteiger partial charge in [-0.2, -0.15) is 0 Å². The van der Waals surface area contributed by atoms with Crippen molar-refractivity contribution < 1.29 is 9.09 Å². The van der Waals surface area contributed by atoms with Crippen LogP contribution in [0.15, 0.2) is 78.9 Å². The average Bonchev–Trinajstić information content (AvgIpc) is 2.61. The van der Waals surface area contributed by atoms with Gasteiger partial charge < -0.3 is 9.84 Å². The van der Waals surface area contributed by atoms with Gasteiger partial charge in [0, 0.05) is 18.0 Å². The number of aryl methyl sites for hydroxylation is 1. The van der Waals surface area contributed by atoms with Gasteiger partial charge in [0.2, 0.25) is 0 Å². The van der Waals surface area contributed by atoms with Crippen LogP contribution in [0.4, 0.5) is 5.69 Å². The van der Waals surface area contributed by atoms with Crippen molar-refractivity contribution in [1.29, 1.82) is 0 Å². The number of pyridine rings is 1. The summed E-state index contributed by atoms with van der Waals surface area (Å²) in [6.07, 6.45) is 0. The number of hydrogen-bond acceptors (Lipinski definition) is 4. The van der Waals surface area contributed by atoms with Crippen molar-refractivity contribution in [3.05, 3.63) is 90.3 Å². The molecule has 0 aliphatic rings. The zero-order chi connectivity index (χ0) is 17.7. The lowest BCUT2D eigenvalue weighted by Crippen LogP contribution is -2.15. The second-order valence-corrected chi connectivity index (χ2v) is 8.45. The molecule has 1 N–H and O–H groups in total. The largest absolute Gasteiger partial charge is 0.441 e. The molecule has 0 radical (unpaired) electrons. The van der Waals surface area contributed by atoms with E-state index in [1.165, 1.54) is 0 Å². The van der Waals surface area contributed by atoms with E-state index in [4.69, 9.17) is 4.52 Å². The van der Waals surface area contributed by atoms with Crippen molar-refractivity contribution >= 4 is 13.1 Å². The highest BCUT2D eigenvalue weighted by molar-refractivity contribution is 7.59. The monoisotopic (exact) mass is 352 g/mol. The lowest BCUT2D eigenvalue weighted by molar-refractivity contribution is 0.478. The molecule has 0 fully saturated rings. The van der Waals surface area contributed by atoms with Crippen LogP contribution in [0.1, 0.15) is 17.2 Å². The number of hydrogen-bond donors (Lipinski definition) is 1. The van der Waals surface area contributed by atoms with Crippen LogP contribution in [0.3, 0.4) is 0 Å². The van der Waals surface area contributed by atoms with Crippen molar-refractivity contribution in [2.24, 2.45) is 0 Å². The minimum Gasteiger partial charge on any atom is -0.441 e. The molecule has 1 heterocycles. The van der Waals surface area contributed by atoms with E-state index in [9.17, 15) is 4.57 Å². The number of benzene rings is 2. The molecule has 2 unspecified atom stereocenters. The molecule has 5 heteroatoms. The molecule has 0 spiro atoms. The van der Waals surface area contributed by atoms with Gasteiger partial charge in [0.25, 0.3) is 7.37 Å². The second-order valence-electron chi connectivity index (χ2n) is 5.93. The first kappa shape index (κ1) is 17.2. The fourth-order valence-corrected chi connectivity index (χ4v) is 4.24. The molecule has 0 saturated heterocycles. The highest BCUT2D eigenvalue weighted by Crippen LogP contribution is 2.56. The third kappa shape index (κ3) is 4.49. The molecule has 25 heavy (non-hydrogen) atoms. The molecule has 2 atom stereocenters. The number of nitrogens with zero attached hydrogens (tertiary/aromatic N) is 1. The molecular weight excluding hydrogens is 331 g/mol. The third-order valence-corrected chi connectivity index (χ3v) is 5.67. The molecule has 0 aliphatic carbocycles. The van der Waals surface area contributed by atoms with Gasteiger partial charge in [0.15, 0.2) is 5.78 Å². The van der Waals surface area contributed by atoms with E-state index in [0.717, 1.165) is 11.4 Å². The summed E-state index contributed by atoms with van der Waals surface area (Å²) >= 11 is 0. The van der Waals surface area contributed by atoms with Gasteiger partial charge in [-0.05, 0) is 43.3 Å². The van der Waals surface area contributed by atoms with Gasteiger partial charge in [0.05, 0.1) is 5.69 Å². The molecule has 1 aromatic heterocycles. The van der Waals surface area contributed by atoms with Gasteiger partial charge in [-0.1, -0.05) is 42.5 Å². The van der Waals surface area contributed by atoms with E-state index in [1.54, 1.807) is 18.8 Å². The summed E-state index contributed by atoms with van der Waals surface area (Å²) in [6, 6.07) is 24.6. The maximum atomic E-state index is 13.5. The fraction of sp³-hybridized carbons (Fsp3) is 0.150. The molecule has 0 bridgehead atoms. The van der Waals surface area contributed by atoms with Gasteiger partial charge >= 0.3 is 0 Å². The van der Waals surface area contributed by atoms with Crippen molar-refractivity contribution in [3.8, 4) is 5.75 Å². The summed E-state index contributed by atoms with van der Waals surface area (Å²) in [5.41, 5.74) is 2.44. The van der Waals surface area contributed by atoms with Gasteiger partial charge in [-0.25, -0.2) is 0 Å². The zero-order valence-corrected chi connectivity index (χ0v) is 15.2. The summed E-state index contributed by atoms with van der Waals surface area (Å²) in [6.45, 7) is 3.56. The molecule has 0 saturated carbocycles.